The smallest absolute Gasteiger partial charge is 0.194 e. The highest BCUT2D eigenvalue weighted by atomic mass is 127. The first kappa shape index (κ1) is 21.9. The summed E-state index contributed by atoms with van der Waals surface area (Å²) < 4.78 is 23.4. The minimum atomic E-state index is -2.82. The zero-order chi connectivity index (χ0) is 17.9. The Labute approximate surface area is 178 Å². The van der Waals surface area contributed by atoms with E-state index in [1.54, 1.807) is 11.3 Å². The van der Waals surface area contributed by atoms with Crippen LogP contribution < -0.4 is 5.32 Å². The van der Waals surface area contributed by atoms with Crippen LogP contribution in [-0.2, 0) is 16.4 Å². The van der Waals surface area contributed by atoms with E-state index in [9.17, 15) is 8.42 Å². The fraction of sp³-hybridized carbons (Fsp3) is 0.722. The maximum atomic E-state index is 11.7. The van der Waals surface area contributed by atoms with Crippen molar-refractivity contribution in [1.82, 2.24) is 10.2 Å². The minimum absolute atomic E-state index is 0. The molecule has 2 fully saturated rings. The second kappa shape index (κ2) is 9.73. The first-order valence-corrected chi connectivity index (χ1v) is 11.9. The Kier molecular flexibility index (Phi) is 8.21. The molecule has 5 nitrogen and oxygen atoms in total. The van der Waals surface area contributed by atoms with Crippen LogP contribution in [0.15, 0.2) is 22.5 Å². The van der Waals surface area contributed by atoms with Crippen LogP contribution >= 0.6 is 35.3 Å². The maximum absolute atomic E-state index is 11.7. The largest absolute Gasteiger partial charge is 0.356 e. The lowest BCUT2D eigenvalue weighted by atomic mass is 9.89. The van der Waals surface area contributed by atoms with Gasteiger partial charge in [0, 0.05) is 24.5 Å². The molecule has 3 rings (SSSR count). The van der Waals surface area contributed by atoms with Crippen LogP contribution in [0.2, 0.25) is 0 Å². The lowest BCUT2D eigenvalue weighted by Crippen LogP contribution is -2.49. The number of piperidine rings is 1. The zero-order valence-electron chi connectivity index (χ0n) is 15.6. The van der Waals surface area contributed by atoms with Gasteiger partial charge in [-0.1, -0.05) is 19.9 Å². The second-order valence-corrected chi connectivity index (χ2v) is 10.8. The molecular weight excluding hydrogens is 481 g/mol. The monoisotopic (exact) mass is 511 g/mol. The standard InChI is InChI=1S/C18H29N3O2S2.HI/c1-14-5-7-21(12-15(14)2)18(20-11-17-4-3-8-24-17)19-10-16-6-9-25(22,23)13-16;/h3-4,8,14-16H,5-7,9-13H2,1-2H3,(H,19,20);1H. The third-order valence-electron chi connectivity index (χ3n) is 5.47. The van der Waals surface area contributed by atoms with Crippen molar-refractivity contribution in [2.45, 2.75) is 33.2 Å². The van der Waals surface area contributed by atoms with Gasteiger partial charge in [0.15, 0.2) is 15.8 Å². The number of guanidine groups is 1. The van der Waals surface area contributed by atoms with Gasteiger partial charge in [-0.25, -0.2) is 13.4 Å². The lowest BCUT2D eigenvalue weighted by molar-refractivity contribution is 0.199. The summed E-state index contributed by atoms with van der Waals surface area (Å²) in [5.41, 5.74) is 0. The molecule has 3 heterocycles. The summed E-state index contributed by atoms with van der Waals surface area (Å²) in [6.07, 6.45) is 1.94. The summed E-state index contributed by atoms with van der Waals surface area (Å²) in [6, 6.07) is 4.16. The van der Waals surface area contributed by atoms with E-state index in [2.05, 4.69) is 41.6 Å². The molecule has 2 aliphatic rings. The molecule has 26 heavy (non-hydrogen) atoms. The summed E-state index contributed by atoms with van der Waals surface area (Å²) in [6.45, 7) is 8.04. The minimum Gasteiger partial charge on any atom is -0.356 e. The molecule has 0 bridgehead atoms. The number of nitrogens with zero attached hydrogens (tertiary/aromatic N) is 2. The van der Waals surface area contributed by atoms with E-state index < -0.39 is 9.84 Å². The van der Waals surface area contributed by atoms with Gasteiger partial charge in [-0.3, -0.25) is 0 Å². The van der Waals surface area contributed by atoms with Gasteiger partial charge < -0.3 is 10.2 Å². The van der Waals surface area contributed by atoms with Crippen LogP contribution in [0.5, 0.6) is 0 Å². The molecule has 8 heteroatoms. The summed E-state index contributed by atoms with van der Waals surface area (Å²) >= 11 is 1.72. The highest BCUT2D eigenvalue weighted by Crippen LogP contribution is 2.23. The van der Waals surface area contributed by atoms with Gasteiger partial charge in [0.2, 0.25) is 0 Å². The Hall–Kier alpha value is -0.350. The quantitative estimate of drug-likeness (QED) is 0.383. The van der Waals surface area contributed by atoms with Crippen molar-refractivity contribution in [3.05, 3.63) is 22.4 Å². The molecule has 0 saturated carbocycles. The predicted octanol–water partition coefficient (Wildman–Crippen LogP) is 3.22. The molecule has 2 aliphatic heterocycles. The van der Waals surface area contributed by atoms with Gasteiger partial charge in [0.05, 0.1) is 18.1 Å². The van der Waals surface area contributed by atoms with E-state index in [0.29, 0.717) is 30.5 Å². The number of aliphatic imine (C=N–C) groups is 1. The number of sulfone groups is 1. The highest BCUT2D eigenvalue weighted by molar-refractivity contribution is 14.0. The van der Waals surface area contributed by atoms with Crippen LogP contribution in [0.3, 0.4) is 0 Å². The zero-order valence-corrected chi connectivity index (χ0v) is 19.5. The highest BCUT2D eigenvalue weighted by Gasteiger charge is 2.29. The first-order valence-electron chi connectivity index (χ1n) is 9.19. The fourth-order valence-electron chi connectivity index (χ4n) is 3.55. The third-order valence-corrected chi connectivity index (χ3v) is 8.17. The number of nitrogens with one attached hydrogen (secondary N) is 1. The number of hydrogen-bond donors (Lipinski definition) is 1. The number of rotatable bonds is 4. The normalized spacial score (nSPS) is 28.6. The van der Waals surface area contributed by atoms with Crippen molar-refractivity contribution in [3.8, 4) is 0 Å². The van der Waals surface area contributed by atoms with Crippen molar-refractivity contribution in [1.29, 1.82) is 0 Å². The molecule has 2 saturated heterocycles. The van der Waals surface area contributed by atoms with Crippen molar-refractivity contribution < 1.29 is 8.42 Å². The molecule has 148 valence electrons. The number of hydrogen-bond acceptors (Lipinski definition) is 4. The molecular formula is C18H30IN3O2S2. The van der Waals surface area contributed by atoms with Crippen molar-refractivity contribution >= 4 is 51.1 Å². The van der Waals surface area contributed by atoms with Crippen LogP contribution in [0.25, 0.3) is 0 Å². The number of thiophene rings is 1. The van der Waals surface area contributed by atoms with Crippen molar-refractivity contribution in [3.63, 3.8) is 0 Å². The molecule has 1 aromatic heterocycles. The summed E-state index contributed by atoms with van der Waals surface area (Å²) in [7, 11) is -2.82. The third kappa shape index (κ3) is 6.09. The SMILES string of the molecule is CC1CCN(C(=NCc2cccs2)NCC2CCS(=O)(=O)C2)CC1C.I. The topological polar surface area (TPSA) is 61.8 Å². The number of likely N-dealkylation sites (tertiary alicyclic amines) is 1. The van der Waals surface area contributed by atoms with Crippen molar-refractivity contribution in [2.24, 2.45) is 22.7 Å². The Morgan fingerprint density at radius 3 is 2.77 bits per heavy atom. The predicted molar refractivity (Wildman–Crippen MR) is 120 cm³/mol. The van der Waals surface area contributed by atoms with Gasteiger partial charge in [-0.15, -0.1) is 35.3 Å². The molecule has 0 amide bonds. The lowest BCUT2D eigenvalue weighted by Gasteiger charge is -2.37. The second-order valence-electron chi connectivity index (χ2n) is 7.56. The van der Waals surface area contributed by atoms with Gasteiger partial charge in [0.25, 0.3) is 0 Å². The number of halogens is 1. The average molecular weight is 511 g/mol. The molecule has 1 aromatic rings. The molecule has 0 aromatic carbocycles. The van der Waals surface area contributed by atoms with E-state index >= 15 is 0 Å². The Balaban J connectivity index is 0.00000243. The van der Waals surface area contributed by atoms with Crippen LogP contribution in [-0.4, -0.2) is 50.4 Å². The average Bonchev–Trinajstić information content (AvgIpc) is 3.20. The summed E-state index contributed by atoms with van der Waals surface area (Å²) in [5.74, 6) is 3.18. The van der Waals surface area contributed by atoms with Crippen LogP contribution in [0.4, 0.5) is 0 Å². The van der Waals surface area contributed by atoms with Gasteiger partial charge in [-0.2, -0.15) is 0 Å². The molecule has 3 atom stereocenters. The summed E-state index contributed by atoms with van der Waals surface area (Å²) in [5, 5.41) is 5.56. The van der Waals surface area contributed by atoms with E-state index in [4.69, 9.17) is 4.99 Å². The molecule has 0 spiro atoms. The van der Waals surface area contributed by atoms with Gasteiger partial charge >= 0.3 is 0 Å². The molecule has 1 N–H and O–H groups in total. The Bertz CT molecular complexity index is 691. The van der Waals surface area contributed by atoms with E-state index in [0.717, 1.165) is 31.4 Å². The van der Waals surface area contributed by atoms with Crippen molar-refractivity contribution in [2.75, 3.05) is 31.1 Å². The molecule has 3 unspecified atom stereocenters. The van der Waals surface area contributed by atoms with Gasteiger partial charge in [-0.05, 0) is 42.0 Å². The molecule has 0 radical (unpaired) electrons. The van der Waals surface area contributed by atoms with E-state index in [1.165, 1.54) is 11.3 Å². The Morgan fingerprint density at radius 1 is 1.35 bits per heavy atom. The fourth-order valence-corrected chi connectivity index (χ4v) is 6.04. The molecule has 0 aliphatic carbocycles. The summed E-state index contributed by atoms with van der Waals surface area (Å²) in [4.78, 5) is 8.44. The van der Waals surface area contributed by atoms with Crippen LogP contribution in [0.1, 0.15) is 31.6 Å². The first-order chi connectivity index (χ1) is 11.9. The van der Waals surface area contributed by atoms with E-state index in [-0.39, 0.29) is 29.9 Å². The van der Waals surface area contributed by atoms with Gasteiger partial charge in [0.1, 0.15) is 0 Å². The Morgan fingerprint density at radius 2 is 2.15 bits per heavy atom. The van der Waals surface area contributed by atoms with E-state index in [1.807, 2.05) is 0 Å². The maximum Gasteiger partial charge on any atom is 0.194 e. The van der Waals surface area contributed by atoms with Crippen LogP contribution in [0, 0.1) is 17.8 Å².